The van der Waals surface area contributed by atoms with Crippen LogP contribution in [-0.2, 0) is 9.53 Å². The fourth-order valence-corrected chi connectivity index (χ4v) is 8.51. The number of rotatable bonds is 4. The van der Waals surface area contributed by atoms with E-state index in [-0.39, 0.29) is 11.4 Å². The van der Waals surface area contributed by atoms with Gasteiger partial charge in [-0.1, -0.05) is 13.8 Å². The first kappa shape index (κ1) is 19.7. The Kier molecular flexibility index (Phi) is 5.35. The van der Waals surface area contributed by atoms with Crippen molar-refractivity contribution < 1.29 is 13.9 Å². The van der Waals surface area contributed by atoms with E-state index in [1.807, 2.05) is 0 Å². The number of esters is 1. The Balaban J connectivity index is 1.46. The van der Waals surface area contributed by atoms with E-state index in [9.17, 15) is 9.18 Å². The summed E-state index contributed by atoms with van der Waals surface area (Å²) in [5.74, 6) is 3.43. The van der Waals surface area contributed by atoms with E-state index < -0.39 is 6.17 Å². The normalized spacial score (nSPS) is 49.0. The first-order valence-corrected chi connectivity index (χ1v) is 11.6. The quantitative estimate of drug-likeness (QED) is 0.535. The van der Waals surface area contributed by atoms with Gasteiger partial charge in [0.05, 0.1) is 7.11 Å². The Morgan fingerprint density at radius 2 is 1.70 bits per heavy atom. The minimum atomic E-state index is -0.548. The molecule has 0 radical (unpaired) electrons. The summed E-state index contributed by atoms with van der Waals surface area (Å²) in [6.07, 6.45) is 13.0. The molecule has 4 fully saturated rings. The van der Waals surface area contributed by atoms with Gasteiger partial charge < -0.3 is 4.74 Å². The van der Waals surface area contributed by atoms with Gasteiger partial charge in [-0.2, -0.15) is 0 Å². The zero-order valence-electron chi connectivity index (χ0n) is 17.6. The number of carbonyl (C=O) groups excluding carboxylic acids is 1. The zero-order valence-corrected chi connectivity index (χ0v) is 17.6. The molecule has 4 aliphatic carbocycles. The number of carbonyl (C=O) groups is 1. The van der Waals surface area contributed by atoms with E-state index in [2.05, 4.69) is 13.8 Å². The Morgan fingerprint density at radius 3 is 2.48 bits per heavy atom. The second-order valence-electron chi connectivity index (χ2n) is 10.8. The second-order valence-corrected chi connectivity index (χ2v) is 10.8. The van der Waals surface area contributed by atoms with E-state index >= 15 is 0 Å². The average molecular weight is 379 g/mol. The third kappa shape index (κ3) is 3.15. The molecule has 4 aliphatic rings. The Bertz CT molecular complexity index is 563. The standard InChI is InChI=1S/C24H39FO2/c1-23-15-13-19-17(10-12-20-21(25)7-5-14-24(19,20)2)18(23)11-9-16(23)6-4-8-22(26)27-3/h16-21H,4-15H2,1-3H3/t16?,17?,18?,19?,20-,21?,23?,24?/m1/s1. The molecular weight excluding hydrogens is 339 g/mol. The highest BCUT2D eigenvalue weighted by molar-refractivity contribution is 5.68. The van der Waals surface area contributed by atoms with Crippen molar-refractivity contribution in [1.29, 1.82) is 0 Å². The second kappa shape index (κ2) is 7.34. The molecule has 4 rings (SSSR count). The summed E-state index contributed by atoms with van der Waals surface area (Å²) in [7, 11) is 1.49. The van der Waals surface area contributed by atoms with Gasteiger partial charge in [-0.05, 0) is 111 Å². The van der Waals surface area contributed by atoms with E-state index in [1.165, 1.54) is 52.1 Å². The minimum Gasteiger partial charge on any atom is -0.469 e. The van der Waals surface area contributed by atoms with Crippen molar-refractivity contribution in [2.24, 2.45) is 40.4 Å². The molecule has 2 nitrogen and oxygen atoms in total. The molecule has 3 heteroatoms. The molecule has 0 aromatic carbocycles. The summed E-state index contributed by atoms with van der Waals surface area (Å²) >= 11 is 0. The summed E-state index contributed by atoms with van der Waals surface area (Å²) in [6.45, 7) is 5.00. The molecule has 0 amide bonds. The Labute approximate surface area is 165 Å². The van der Waals surface area contributed by atoms with Gasteiger partial charge in [0.15, 0.2) is 0 Å². The van der Waals surface area contributed by atoms with Crippen molar-refractivity contribution in [3.63, 3.8) is 0 Å². The summed E-state index contributed by atoms with van der Waals surface area (Å²) < 4.78 is 19.5. The lowest BCUT2D eigenvalue weighted by atomic mass is 9.44. The molecule has 4 saturated carbocycles. The minimum absolute atomic E-state index is 0.0669. The van der Waals surface area contributed by atoms with Crippen molar-refractivity contribution in [1.82, 2.24) is 0 Å². The smallest absolute Gasteiger partial charge is 0.305 e. The van der Waals surface area contributed by atoms with Gasteiger partial charge in [0, 0.05) is 6.42 Å². The molecule has 0 aromatic heterocycles. The van der Waals surface area contributed by atoms with Crippen LogP contribution in [0.15, 0.2) is 0 Å². The van der Waals surface area contributed by atoms with Gasteiger partial charge in [0.2, 0.25) is 0 Å². The number of halogens is 1. The molecule has 0 bridgehead atoms. The number of hydrogen-bond acceptors (Lipinski definition) is 2. The van der Waals surface area contributed by atoms with E-state index in [0.29, 0.717) is 17.8 Å². The summed E-state index contributed by atoms with van der Waals surface area (Å²) in [4.78, 5) is 11.5. The van der Waals surface area contributed by atoms with Crippen LogP contribution >= 0.6 is 0 Å². The van der Waals surface area contributed by atoms with Crippen LogP contribution in [0.5, 0.6) is 0 Å². The van der Waals surface area contributed by atoms with Crippen LogP contribution in [-0.4, -0.2) is 19.3 Å². The van der Waals surface area contributed by atoms with Gasteiger partial charge in [-0.25, -0.2) is 4.39 Å². The number of hydrogen-bond donors (Lipinski definition) is 0. The first-order valence-electron chi connectivity index (χ1n) is 11.6. The third-order valence-electron chi connectivity index (χ3n) is 9.93. The summed E-state index contributed by atoms with van der Waals surface area (Å²) in [6, 6.07) is 0. The van der Waals surface area contributed by atoms with Crippen molar-refractivity contribution in [3.05, 3.63) is 0 Å². The lowest BCUT2D eigenvalue weighted by Crippen LogP contribution is -2.54. The van der Waals surface area contributed by atoms with Crippen molar-refractivity contribution in [2.75, 3.05) is 7.11 Å². The lowest BCUT2D eigenvalue weighted by Gasteiger charge is -2.61. The first-order chi connectivity index (χ1) is 12.9. The summed E-state index contributed by atoms with van der Waals surface area (Å²) in [5, 5.41) is 0. The van der Waals surface area contributed by atoms with Gasteiger partial charge in [-0.3, -0.25) is 4.79 Å². The molecule has 0 aliphatic heterocycles. The van der Waals surface area contributed by atoms with Crippen LogP contribution < -0.4 is 0 Å². The average Bonchev–Trinajstić information content (AvgIpc) is 2.98. The fourth-order valence-electron chi connectivity index (χ4n) is 8.51. The predicted molar refractivity (Wildman–Crippen MR) is 106 cm³/mol. The van der Waals surface area contributed by atoms with Crippen LogP contribution in [0.25, 0.3) is 0 Å². The molecule has 154 valence electrons. The summed E-state index contributed by atoms with van der Waals surface area (Å²) in [5.41, 5.74) is 0.704. The largest absolute Gasteiger partial charge is 0.469 e. The van der Waals surface area contributed by atoms with Gasteiger partial charge in [0.25, 0.3) is 0 Å². The van der Waals surface area contributed by atoms with E-state index in [1.54, 1.807) is 0 Å². The maximum Gasteiger partial charge on any atom is 0.305 e. The SMILES string of the molecule is COC(=O)CCCC1CCC2C3CC[C@@H]4C(F)CCCC4(C)C3CCC12C. The number of ether oxygens (including phenoxy) is 1. The molecule has 0 saturated heterocycles. The predicted octanol–water partition coefficient (Wildman–Crippen LogP) is 6.33. The molecule has 7 unspecified atom stereocenters. The topological polar surface area (TPSA) is 26.3 Å². The van der Waals surface area contributed by atoms with Crippen LogP contribution in [0.1, 0.15) is 90.9 Å². The van der Waals surface area contributed by atoms with Gasteiger partial charge in [0.1, 0.15) is 6.17 Å². The maximum atomic E-state index is 14.7. The highest BCUT2D eigenvalue weighted by Crippen LogP contribution is 2.68. The molecule has 0 N–H and O–H groups in total. The molecule has 0 heterocycles. The van der Waals surface area contributed by atoms with Crippen LogP contribution in [0.2, 0.25) is 0 Å². The Morgan fingerprint density at radius 1 is 0.963 bits per heavy atom. The highest BCUT2D eigenvalue weighted by Gasteiger charge is 2.60. The van der Waals surface area contributed by atoms with Crippen LogP contribution in [0.4, 0.5) is 4.39 Å². The number of alkyl halides is 1. The van der Waals surface area contributed by atoms with Crippen molar-refractivity contribution >= 4 is 5.97 Å². The van der Waals surface area contributed by atoms with Crippen LogP contribution in [0.3, 0.4) is 0 Å². The van der Waals surface area contributed by atoms with Crippen molar-refractivity contribution in [3.8, 4) is 0 Å². The Hall–Kier alpha value is -0.600. The van der Waals surface area contributed by atoms with E-state index in [4.69, 9.17) is 4.74 Å². The highest BCUT2D eigenvalue weighted by atomic mass is 19.1. The lowest BCUT2D eigenvalue weighted by molar-refractivity contribution is -0.141. The molecule has 27 heavy (non-hydrogen) atoms. The molecule has 8 atom stereocenters. The van der Waals surface area contributed by atoms with E-state index in [0.717, 1.165) is 49.4 Å². The molecule has 0 aromatic rings. The molecular formula is C24H39FO2. The molecule has 0 spiro atoms. The number of fused-ring (bicyclic) bond motifs is 5. The fraction of sp³-hybridized carbons (Fsp3) is 0.958. The van der Waals surface area contributed by atoms with Gasteiger partial charge in [-0.15, -0.1) is 0 Å². The maximum absolute atomic E-state index is 14.7. The monoisotopic (exact) mass is 378 g/mol. The van der Waals surface area contributed by atoms with Gasteiger partial charge >= 0.3 is 5.97 Å². The number of methoxy groups -OCH3 is 1. The zero-order chi connectivity index (χ0) is 19.2. The van der Waals surface area contributed by atoms with Crippen molar-refractivity contribution in [2.45, 2.75) is 97.1 Å². The van der Waals surface area contributed by atoms with Crippen LogP contribution in [0, 0.1) is 40.4 Å². The third-order valence-corrected chi connectivity index (χ3v) is 9.93.